The van der Waals surface area contributed by atoms with Gasteiger partial charge in [0.1, 0.15) is 17.5 Å². The van der Waals surface area contributed by atoms with Gasteiger partial charge in [-0.05, 0) is 62.8 Å². The summed E-state index contributed by atoms with van der Waals surface area (Å²) in [6.07, 6.45) is 8.55. The number of hydrogen-bond acceptors (Lipinski definition) is 8. The summed E-state index contributed by atoms with van der Waals surface area (Å²) in [5, 5.41) is 9.36. The Morgan fingerprint density at radius 1 is 1.15 bits per heavy atom. The molecule has 2 aromatic rings. The number of likely N-dealkylation sites (tertiary alicyclic amines) is 1. The van der Waals surface area contributed by atoms with Crippen LogP contribution in [0.2, 0.25) is 0 Å². The van der Waals surface area contributed by atoms with Gasteiger partial charge in [-0.3, -0.25) is 0 Å². The molecule has 0 amide bonds. The van der Waals surface area contributed by atoms with Gasteiger partial charge < -0.3 is 24.3 Å². The van der Waals surface area contributed by atoms with E-state index in [1.165, 1.54) is 11.1 Å². The third kappa shape index (κ3) is 5.77. The van der Waals surface area contributed by atoms with E-state index in [0.717, 1.165) is 106 Å². The van der Waals surface area contributed by atoms with Gasteiger partial charge in [-0.25, -0.2) is 14.4 Å². The fourth-order valence-corrected chi connectivity index (χ4v) is 7.35. The molecular formula is C32H42FN7O. The highest BCUT2D eigenvalue weighted by molar-refractivity contribution is 5.58. The first-order valence-corrected chi connectivity index (χ1v) is 15.1. The highest BCUT2D eigenvalue weighted by atomic mass is 19.1. The molecule has 3 aliphatic heterocycles. The largest absolute Gasteiger partial charge is 0.380 e. The number of hydrogen-bond donors (Lipinski definition) is 0. The summed E-state index contributed by atoms with van der Waals surface area (Å²) in [7, 11) is 6.02. The lowest BCUT2D eigenvalue weighted by Gasteiger charge is -2.41. The van der Waals surface area contributed by atoms with Crippen LogP contribution < -0.4 is 9.80 Å². The smallest absolute Gasteiger partial charge is 0.136 e. The zero-order valence-electron chi connectivity index (χ0n) is 24.7. The van der Waals surface area contributed by atoms with Crippen LogP contribution in [0.5, 0.6) is 0 Å². The normalized spacial score (nSPS) is 25.8. The number of methoxy groups -OCH3 is 1. The molecule has 0 bridgehead atoms. The summed E-state index contributed by atoms with van der Waals surface area (Å²) in [6, 6.07) is 7.78. The van der Waals surface area contributed by atoms with Crippen molar-refractivity contribution in [3.05, 3.63) is 58.4 Å². The van der Waals surface area contributed by atoms with Crippen LogP contribution in [0.15, 0.2) is 30.0 Å². The van der Waals surface area contributed by atoms with Gasteiger partial charge in [0.2, 0.25) is 0 Å². The van der Waals surface area contributed by atoms with Crippen molar-refractivity contribution in [1.29, 1.82) is 5.26 Å². The van der Waals surface area contributed by atoms with Crippen LogP contribution in [-0.2, 0) is 30.4 Å². The third-order valence-corrected chi connectivity index (χ3v) is 9.60. The number of ether oxygens (including phenoxy) is 1. The standard InChI is InChI=1S/C32H42FN7O/c1-37-19-23(30(21-37)41-3)7-11-31-35-28-18-25(40-14-4-5-22-6-8-24(33)17-29(22)40)9-10-27(28)32(36-31)39-16-15-38(2)26(20-39)12-13-34/h6,8,12,17,23,25,30H,4-5,7,9-11,14-16,18-21H2,1-3H3/b26-12+/t23?,25-,30?/m1/s1. The van der Waals surface area contributed by atoms with Crippen molar-refractivity contribution in [3.63, 3.8) is 0 Å². The molecule has 3 atom stereocenters. The van der Waals surface area contributed by atoms with Crippen molar-refractivity contribution in [3.8, 4) is 6.07 Å². The van der Waals surface area contributed by atoms with E-state index in [9.17, 15) is 9.65 Å². The summed E-state index contributed by atoms with van der Waals surface area (Å²) >= 11 is 0. The third-order valence-electron chi connectivity index (χ3n) is 9.60. The number of halogens is 1. The maximum atomic E-state index is 14.3. The average Bonchev–Trinajstić information content (AvgIpc) is 3.35. The van der Waals surface area contributed by atoms with Gasteiger partial charge in [0.25, 0.3) is 0 Å². The zero-order valence-corrected chi connectivity index (χ0v) is 24.7. The topological polar surface area (TPSA) is 71.8 Å². The van der Waals surface area contributed by atoms with E-state index in [0.29, 0.717) is 18.5 Å². The Bertz CT molecular complexity index is 1340. The maximum absolute atomic E-state index is 14.3. The molecule has 4 heterocycles. The highest BCUT2D eigenvalue weighted by Crippen LogP contribution is 2.36. The molecule has 6 rings (SSSR count). The predicted octanol–water partition coefficient (Wildman–Crippen LogP) is 3.59. The van der Waals surface area contributed by atoms with Crippen LogP contribution in [0.1, 0.15) is 41.9 Å². The number of allylic oxidation sites excluding steroid dienone is 1. The van der Waals surface area contributed by atoms with Gasteiger partial charge in [-0.15, -0.1) is 0 Å². The number of rotatable bonds is 6. The summed E-state index contributed by atoms with van der Waals surface area (Å²) in [4.78, 5) is 19.7. The number of aromatic nitrogens is 2. The first-order valence-electron chi connectivity index (χ1n) is 15.1. The molecule has 0 saturated carbocycles. The van der Waals surface area contributed by atoms with Crippen molar-refractivity contribution in [2.45, 2.75) is 57.1 Å². The lowest BCUT2D eigenvalue weighted by molar-refractivity contribution is 0.0769. The van der Waals surface area contributed by atoms with Crippen LogP contribution in [0.4, 0.5) is 15.9 Å². The molecular weight excluding hydrogens is 517 g/mol. The molecule has 2 fully saturated rings. The van der Waals surface area contributed by atoms with E-state index in [1.54, 1.807) is 18.2 Å². The Balaban J connectivity index is 1.30. The van der Waals surface area contributed by atoms with E-state index in [-0.39, 0.29) is 11.9 Å². The first kappa shape index (κ1) is 27.9. The minimum absolute atomic E-state index is 0.165. The quantitative estimate of drug-likeness (QED) is 0.498. The Morgan fingerprint density at radius 3 is 2.85 bits per heavy atom. The van der Waals surface area contributed by atoms with E-state index in [4.69, 9.17) is 14.7 Å². The molecule has 0 spiro atoms. The van der Waals surface area contributed by atoms with Gasteiger partial charge in [0.05, 0.1) is 24.4 Å². The molecule has 9 heteroatoms. The Labute approximate surface area is 243 Å². The zero-order chi connectivity index (χ0) is 28.5. The molecule has 2 unspecified atom stereocenters. The molecule has 4 aliphatic rings. The summed E-state index contributed by atoms with van der Waals surface area (Å²) < 4.78 is 20.1. The van der Waals surface area contributed by atoms with Gasteiger partial charge in [-0.1, -0.05) is 6.07 Å². The molecule has 41 heavy (non-hydrogen) atoms. The maximum Gasteiger partial charge on any atom is 0.136 e. The molecule has 1 aromatic carbocycles. The van der Waals surface area contributed by atoms with Crippen LogP contribution in [-0.4, -0.2) is 92.4 Å². The predicted molar refractivity (Wildman–Crippen MR) is 159 cm³/mol. The molecule has 2 saturated heterocycles. The lowest BCUT2D eigenvalue weighted by Crippen LogP contribution is -2.45. The Morgan fingerprint density at radius 2 is 2.02 bits per heavy atom. The van der Waals surface area contributed by atoms with Crippen LogP contribution >= 0.6 is 0 Å². The summed E-state index contributed by atoms with van der Waals surface area (Å²) in [6.45, 7) is 5.34. The highest BCUT2D eigenvalue weighted by Gasteiger charge is 2.34. The minimum Gasteiger partial charge on any atom is -0.380 e. The SMILES string of the molecule is COC1CN(C)CC1CCc1nc2c(c(N3CCN(C)/C(=C/C#N)C3)n1)CC[C@@H](N1CCCc3ccc(F)cc31)C2. The number of fused-ring (bicyclic) bond motifs is 2. The van der Waals surface area contributed by atoms with Gasteiger partial charge >= 0.3 is 0 Å². The van der Waals surface area contributed by atoms with Crippen molar-refractivity contribution < 1.29 is 9.13 Å². The number of nitrogens with zero attached hydrogens (tertiary/aromatic N) is 7. The second kappa shape index (κ2) is 11.9. The summed E-state index contributed by atoms with van der Waals surface area (Å²) in [5.41, 5.74) is 5.71. The van der Waals surface area contributed by atoms with E-state index in [2.05, 4.69) is 39.8 Å². The van der Waals surface area contributed by atoms with Crippen molar-refractivity contribution in [1.82, 2.24) is 19.8 Å². The number of anilines is 2. The van der Waals surface area contributed by atoms with Crippen LogP contribution in [0.3, 0.4) is 0 Å². The van der Waals surface area contributed by atoms with Crippen LogP contribution in [0.25, 0.3) is 0 Å². The number of likely N-dealkylation sites (N-methyl/N-ethyl adjacent to an activating group) is 2. The van der Waals surface area contributed by atoms with E-state index in [1.807, 2.05) is 13.2 Å². The molecule has 0 radical (unpaired) electrons. The fourth-order valence-electron chi connectivity index (χ4n) is 7.35. The Hall–Kier alpha value is -3.22. The second-order valence-electron chi connectivity index (χ2n) is 12.3. The minimum atomic E-state index is -0.165. The molecule has 1 aliphatic carbocycles. The average molecular weight is 560 g/mol. The molecule has 0 N–H and O–H groups in total. The van der Waals surface area contributed by atoms with Gasteiger partial charge in [-0.2, -0.15) is 5.26 Å². The van der Waals surface area contributed by atoms with Crippen molar-refractivity contribution in [2.75, 3.05) is 70.3 Å². The first-order chi connectivity index (χ1) is 19.9. The second-order valence-corrected chi connectivity index (χ2v) is 12.3. The Kier molecular flexibility index (Phi) is 8.14. The number of aryl methyl sites for hydroxylation is 2. The molecule has 8 nitrogen and oxygen atoms in total. The number of nitriles is 1. The van der Waals surface area contributed by atoms with Gasteiger partial charge in [0, 0.05) is 88.8 Å². The molecule has 1 aromatic heterocycles. The van der Waals surface area contributed by atoms with E-state index >= 15 is 0 Å². The summed E-state index contributed by atoms with van der Waals surface area (Å²) in [5.74, 6) is 2.24. The van der Waals surface area contributed by atoms with Crippen LogP contribution in [0, 0.1) is 23.1 Å². The lowest BCUT2D eigenvalue weighted by atomic mass is 9.88. The molecule has 218 valence electrons. The number of benzene rings is 1. The van der Waals surface area contributed by atoms with E-state index < -0.39 is 0 Å². The van der Waals surface area contributed by atoms with Crippen molar-refractivity contribution in [2.24, 2.45) is 5.92 Å². The van der Waals surface area contributed by atoms with Gasteiger partial charge in [0.15, 0.2) is 0 Å². The monoisotopic (exact) mass is 559 g/mol. The van der Waals surface area contributed by atoms with Crippen molar-refractivity contribution >= 4 is 11.5 Å². The number of piperazine rings is 1. The fraction of sp³-hybridized carbons (Fsp3) is 0.594.